The third-order valence-electron chi connectivity index (χ3n) is 5.27. The van der Waals surface area contributed by atoms with Gasteiger partial charge in [0.1, 0.15) is 11.4 Å². The zero-order valence-corrected chi connectivity index (χ0v) is 18.1. The summed E-state index contributed by atoms with van der Waals surface area (Å²) >= 11 is 0. The van der Waals surface area contributed by atoms with Crippen LogP contribution in [0.5, 0.6) is 0 Å². The summed E-state index contributed by atoms with van der Waals surface area (Å²) in [4.78, 5) is 49.4. The number of Topliss-reactive ketones (excluding diaryl/α,β-unsaturated/α-hetero) is 1. The lowest BCUT2D eigenvalue weighted by molar-refractivity contribution is 0.0473. The maximum atomic E-state index is 12.7. The second-order valence-electron chi connectivity index (χ2n) is 7.42. The van der Waals surface area contributed by atoms with Crippen molar-refractivity contribution in [1.82, 2.24) is 13.7 Å². The van der Waals surface area contributed by atoms with Crippen LogP contribution in [0.4, 0.5) is 5.82 Å². The van der Waals surface area contributed by atoms with Crippen molar-refractivity contribution in [3.05, 3.63) is 79.2 Å². The fraction of sp³-hybridized carbons (Fsp3) is 0.273. The molecule has 3 rings (SSSR count). The molecule has 0 atom stereocenters. The van der Waals surface area contributed by atoms with Crippen LogP contribution in [0, 0.1) is 20.8 Å². The number of carbonyl (C=O) groups excluding carboxylic acids is 2. The summed E-state index contributed by atoms with van der Waals surface area (Å²) in [7, 11) is 2.59. The Morgan fingerprint density at radius 2 is 1.61 bits per heavy atom. The van der Waals surface area contributed by atoms with Gasteiger partial charge < -0.3 is 15.0 Å². The van der Waals surface area contributed by atoms with Crippen molar-refractivity contribution in [3.8, 4) is 5.69 Å². The van der Waals surface area contributed by atoms with Crippen LogP contribution in [0.3, 0.4) is 0 Å². The van der Waals surface area contributed by atoms with Gasteiger partial charge in [-0.2, -0.15) is 0 Å². The van der Waals surface area contributed by atoms with Gasteiger partial charge in [0.25, 0.3) is 5.56 Å². The Labute approximate surface area is 178 Å². The molecule has 162 valence electrons. The first-order valence-corrected chi connectivity index (χ1v) is 9.56. The van der Waals surface area contributed by atoms with Crippen molar-refractivity contribution in [2.24, 2.45) is 14.1 Å². The minimum Gasteiger partial charge on any atom is -0.454 e. The SMILES string of the molecule is Cc1ccc(-n2c(C)cc(C(=O)OCC(=O)c3c(N)n(C)c(=O)n(C)c3=O)c2C)cc1. The van der Waals surface area contributed by atoms with E-state index in [0.717, 1.165) is 26.1 Å². The maximum Gasteiger partial charge on any atom is 0.340 e. The molecule has 0 saturated heterocycles. The third-order valence-corrected chi connectivity index (χ3v) is 5.27. The Kier molecular flexibility index (Phi) is 5.70. The van der Waals surface area contributed by atoms with Gasteiger partial charge >= 0.3 is 11.7 Å². The number of aryl methyl sites for hydroxylation is 2. The molecule has 2 heterocycles. The first kappa shape index (κ1) is 21.8. The molecule has 2 aromatic heterocycles. The van der Waals surface area contributed by atoms with E-state index in [4.69, 9.17) is 10.5 Å². The van der Waals surface area contributed by atoms with Gasteiger partial charge in [0.05, 0.1) is 5.56 Å². The standard InChI is InChI=1S/C22H24N4O5/c1-12-6-8-15(9-7-12)26-13(2)10-16(14(26)3)21(29)31-11-17(27)18-19(23)24(4)22(30)25(5)20(18)28/h6-10H,11,23H2,1-5H3. The van der Waals surface area contributed by atoms with Gasteiger partial charge in [-0.05, 0) is 39.0 Å². The zero-order valence-electron chi connectivity index (χ0n) is 18.1. The number of nitrogens with zero attached hydrogens (tertiary/aromatic N) is 3. The van der Waals surface area contributed by atoms with E-state index in [1.807, 2.05) is 42.7 Å². The molecule has 3 aromatic rings. The molecule has 0 aliphatic rings. The number of aromatic nitrogens is 3. The number of esters is 1. The molecule has 0 fully saturated rings. The molecule has 1 aromatic carbocycles. The number of carbonyl (C=O) groups is 2. The number of hydrogen-bond acceptors (Lipinski definition) is 6. The molecule has 0 bridgehead atoms. The Bertz CT molecular complexity index is 1310. The highest BCUT2D eigenvalue weighted by Crippen LogP contribution is 2.22. The largest absolute Gasteiger partial charge is 0.454 e. The van der Waals surface area contributed by atoms with Crippen LogP contribution in [0.15, 0.2) is 39.9 Å². The van der Waals surface area contributed by atoms with E-state index in [1.54, 1.807) is 13.0 Å². The molecule has 0 unspecified atom stereocenters. The first-order valence-electron chi connectivity index (χ1n) is 9.56. The minimum atomic E-state index is -0.834. The number of ether oxygens (including phenoxy) is 1. The van der Waals surface area contributed by atoms with Crippen LogP contribution in [0.25, 0.3) is 5.69 Å². The number of rotatable bonds is 5. The highest BCUT2D eigenvalue weighted by atomic mass is 16.5. The number of benzene rings is 1. The Balaban J connectivity index is 1.85. The van der Waals surface area contributed by atoms with Crippen LogP contribution in [0.2, 0.25) is 0 Å². The monoisotopic (exact) mass is 424 g/mol. The smallest absolute Gasteiger partial charge is 0.340 e. The van der Waals surface area contributed by atoms with Gasteiger partial charge in [-0.3, -0.25) is 18.7 Å². The van der Waals surface area contributed by atoms with Gasteiger partial charge in [-0.15, -0.1) is 0 Å². The zero-order chi connectivity index (χ0) is 23.0. The summed E-state index contributed by atoms with van der Waals surface area (Å²) in [5.41, 5.74) is 7.73. The van der Waals surface area contributed by atoms with E-state index in [-0.39, 0.29) is 11.4 Å². The molecule has 2 N–H and O–H groups in total. The van der Waals surface area contributed by atoms with E-state index in [0.29, 0.717) is 11.3 Å². The molecule has 0 saturated carbocycles. The maximum absolute atomic E-state index is 12.7. The van der Waals surface area contributed by atoms with Gasteiger partial charge in [0, 0.05) is 31.2 Å². The van der Waals surface area contributed by atoms with Crippen molar-refractivity contribution in [3.63, 3.8) is 0 Å². The lowest BCUT2D eigenvalue weighted by Gasteiger charge is -2.11. The van der Waals surface area contributed by atoms with E-state index < -0.39 is 29.6 Å². The normalized spacial score (nSPS) is 10.9. The Hall–Kier alpha value is -3.88. The molecule has 0 aliphatic heterocycles. The number of nitrogen functional groups attached to an aromatic ring is 1. The van der Waals surface area contributed by atoms with Crippen LogP contribution < -0.4 is 17.0 Å². The topological polar surface area (TPSA) is 118 Å². The molecule has 0 aliphatic carbocycles. The van der Waals surface area contributed by atoms with E-state index in [9.17, 15) is 19.2 Å². The number of nitrogens with two attached hydrogens (primary N) is 1. The molecule has 31 heavy (non-hydrogen) atoms. The first-order chi connectivity index (χ1) is 14.5. The molecule has 0 spiro atoms. The molecule has 9 heteroatoms. The van der Waals surface area contributed by atoms with E-state index in [1.165, 1.54) is 14.1 Å². The van der Waals surface area contributed by atoms with E-state index in [2.05, 4.69) is 0 Å². The van der Waals surface area contributed by atoms with Crippen LogP contribution in [-0.2, 0) is 18.8 Å². The molecule has 0 radical (unpaired) electrons. The summed E-state index contributed by atoms with van der Waals surface area (Å²) < 4.78 is 8.86. The van der Waals surface area contributed by atoms with Crippen molar-refractivity contribution >= 4 is 17.6 Å². The van der Waals surface area contributed by atoms with Gasteiger partial charge in [-0.25, -0.2) is 9.59 Å². The molecule has 0 amide bonds. The molecular formula is C22H24N4O5. The summed E-state index contributed by atoms with van der Waals surface area (Å²) in [5.74, 6) is -1.75. The van der Waals surface area contributed by atoms with Crippen molar-refractivity contribution < 1.29 is 14.3 Å². The van der Waals surface area contributed by atoms with Gasteiger partial charge in [-0.1, -0.05) is 17.7 Å². The fourth-order valence-electron chi connectivity index (χ4n) is 3.46. The Morgan fingerprint density at radius 3 is 2.23 bits per heavy atom. The third kappa shape index (κ3) is 3.81. The highest BCUT2D eigenvalue weighted by Gasteiger charge is 2.23. The van der Waals surface area contributed by atoms with Gasteiger partial charge in [0.2, 0.25) is 5.78 Å². The summed E-state index contributed by atoms with van der Waals surface area (Å²) in [5, 5.41) is 0. The average molecular weight is 424 g/mol. The minimum absolute atomic E-state index is 0.272. The highest BCUT2D eigenvalue weighted by molar-refractivity contribution is 6.02. The number of anilines is 1. The lowest BCUT2D eigenvalue weighted by Crippen LogP contribution is -2.42. The molecular weight excluding hydrogens is 400 g/mol. The van der Waals surface area contributed by atoms with Crippen molar-refractivity contribution in [2.45, 2.75) is 20.8 Å². The summed E-state index contributed by atoms with van der Waals surface area (Å²) in [6.45, 7) is 4.96. The number of ketones is 1. The van der Waals surface area contributed by atoms with Crippen molar-refractivity contribution in [2.75, 3.05) is 12.3 Å². The quantitative estimate of drug-likeness (QED) is 0.489. The summed E-state index contributed by atoms with van der Waals surface area (Å²) in [6.07, 6.45) is 0. The average Bonchev–Trinajstić information content (AvgIpc) is 3.04. The van der Waals surface area contributed by atoms with Crippen LogP contribution in [-0.4, -0.2) is 32.1 Å². The van der Waals surface area contributed by atoms with Crippen LogP contribution >= 0.6 is 0 Å². The second kappa shape index (κ2) is 8.10. The lowest BCUT2D eigenvalue weighted by atomic mass is 10.2. The molecule has 9 nitrogen and oxygen atoms in total. The number of hydrogen-bond donors (Lipinski definition) is 1. The van der Waals surface area contributed by atoms with Crippen molar-refractivity contribution in [1.29, 1.82) is 0 Å². The predicted octanol–water partition coefficient (Wildman–Crippen LogP) is 1.42. The van der Waals surface area contributed by atoms with Crippen LogP contribution in [0.1, 0.15) is 37.7 Å². The fourth-order valence-corrected chi connectivity index (χ4v) is 3.46. The Morgan fingerprint density at radius 1 is 1.00 bits per heavy atom. The summed E-state index contributed by atoms with van der Waals surface area (Å²) in [6, 6.07) is 9.53. The second-order valence-corrected chi connectivity index (χ2v) is 7.42. The van der Waals surface area contributed by atoms with E-state index >= 15 is 0 Å². The van der Waals surface area contributed by atoms with Gasteiger partial charge in [0.15, 0.2) is 6.61 Å². The predicted molar refractivity (Wildman–Crippen MR) is 116 cm³/mol.